The molecule has 7 heteroatoms. The maximum atomic E-state index is 10.9. The van der Waals surface area contributed by atoms with Gasteiger partial charge in [0.25, 0.3) is 0 Å². The number of nitrogens with one attached hydrogen (secondary N) is 1. The third-order valence-corrected chi connectivity index (χ3v) is 6.77. The van der Waals surface area contributed by atoms with E-state index < -0.39 is 5.97 Å². The topological polar surface area (TPSA) is 95.4 Å². The van der Waals surface area contributed by atoms with Crippen LogP contribution in [0.4, 0.5) is 0 Å². The highest BCUT2D eigenvalue weighted by atomic mass is 32.1. The third kappa shape index (κ3) is 5.26. The maximum Gasteiger partial charge on any atom is 0.303 e. The summed E-state index contributed by atoms with van der Waals surface area (Å²) in [6.45, 7) is -0.114. The van der Waals surface area contributed by atoms with Crippen LogP contribution in [0, 0.1) is 0 Å². The molecule has 0 amide bonds. The first kappa shape index (κ1) is 22.8. The van der Waals surface area contributed by atoms with Crippen LogP contribution in [0.5, 0.6) is 11.5 Å². The molecule has 3 N–H and O–H groups in total. The summed E-state index contributed by atoms with van der Waals surface area (Å²) >= 11 is 1.58. The number of rotatable bonds is 9. The van der Waals surface area contributed by atoms with Crippen molar-refractivity contribution in [3.8, 4) is 22.1 Å². The Hall–Kier alpha value is -3.94. The average molecular weight is 485 g/mol. The molecule has 0 fully saturated rings. The second-order valence-electron chi connectivity index (χ2n) is 8.30. The van der Waals surface area contributed by atoms with Crippen LogP contribution in [-0.2, 0) is 24.2 Å². The molecule has 35 heavy (non-hydrogen) atoms. The Bertz CT molecular complexity index is 1490. The van der Waals surface area contributed by atoms with E-state index in [1.165, 1.54) is 0 Å². The van der Waals surface area contributed by atoms with Gasteiger partial charge in [-0.15, -0.1) is 11.3 Å². The van der Waals surface area contributed by atoms with Crippen molar-refractivity contribution < 1.29 is 19.7 Å². The molecule has 0 aliphatic carbocycles. The predicted molar refractivity (Wildman–Crippen MR) is 137 cm³/mol. The number of aliphatic hydroxyl groups excluding tert-OH is 1. The fourth-order valence-electron chi connectivity index (χ4n) is 4.13. The Labute approximate surface area is 206 Å². The van der Waals surface area contributed by atoms with Gasteiger partial charge < -0.3 is 19.9 Å². The molecule has 5 aromatic rings. The Kier molecular flexibility index (Phi) is 6.61. The number of aryl methyl sites for hydroxylation is 1. The summed E-state index contributed by atoms with van der Waals surface area (Å²) in [4.78, 5) is 18.8. The van der Waals surface area contributed by atoms with Crippen molar-refractivity contribution in [2.45, 2.75) is 25.9 Å². The van der Waals surface area contributed by atoms with E-state index >= 15 is 0 Å². The van der Waals surface area contributed by atoms with Gasteiger partial charge in [0.1, 0.15) is 16.5 Å². The minimum absolute atomic E-state index is 0.114. The lowest BCUT2D eigenvalue weighted by atomic mass is 10.0. The first-order chi connectivity index (χ1) is 17.1. The van der Waals surface area contributed by atoms with Crippen LogP contribution in [0.3, 0.4) is 0 Å². The number of aromatic amines is 1. The molecule has 0 radical (unpaired) electrons. The summed E-state index contributed by atoms with van der Waals surface area (Å²) in [6.07, 6.45) is 3.18. The van der Waals surface area contributed by atoms with Crippen LogP contribution in [0.2, 0.25) is 0 Å². The summed E-state index contributed by atoms with van der Waals surface area (Å²) in [5, 5.41) is 22.7. The van der Waals surface area contributed by atoms with Crippen LogP contribution >= 0.6 is 11.3 Å². The lowest BCUT2D eigenvalue weighted by Gasteiger charge is -2.11. The zero-order chi connectivity index (χ0) is 24.2. The van der Waals surface area contributed by atoms with Gasteiger partial charge in [-0.05, 0) is 47.9 Å². The molecule has 3 aromatic carbocycles. The van der Waals surface area contributed by atoms with Gasteiger partial charge in [-0.3, -0.25) is 4.79 Å². The smallest absolute Gasteiger partial charge is 0.303 e. The number of hydrogen-bond donors (Lipinski definition) is 3. The van der Waals surface area contributed by atoms with Gasteiger partial charge >= 0.3 is 5.97 Å². The number of hydrogen-bond acceptors (Lipinski definition) is 5. The number of H-pyrrole nitrogens is 1. The molecular formula is C28H24N2O4S. The van der Waals surface area contributed by atoms with E-state index in [0.29, 0.717) is 24.3 Å². The fourth-order valence-corrected chi connectivity index (χ4v) is 4.95. The standard InChI is InChI=1S/C28H24N2O4S/c31-16-24-23-11-12-29-25(23)8-9-26(24)34-22-6-2-5-20(15-22)28-30-21(17-35-28)14-19-4-1-3-18(13-19)7-10-27(32)33/h1-6,8-9,11-13,15,17,29,31H,7,10,14,16H2,(H,32,33). The van der Waals surface area contributed by atoms with Gasteiger partial charge in [-0.1, -0.05) is 36.4 Å². The second-order valence-corrected chi connectivity index (χ2v) is 9.16. The van der Waals surface area contributed by atoms with Crippen LogP contribution in [0.1, 0.15) is 28.8 Å². The van der Waals surface area contributed by atoms with Crippen molar-refractivity contribution in [3.05, 3.63) is 101 Å². The van der Waals surface area contributed by atoms with Crippen molar-refractivity contribution in [1.82, 2.24) is 9.97 Å². The van der Waals surface area contributed by atoms with E-state index in [1.54, 1.807) is 11.3 Å². The Morgan fingerprint density at radius 1 is 1.03 bits per heavy atom. The number of aromatic nitrogens is 2. The number of aliphatic carboxylic acids is 1. The number of thiazole rings is 1. The normalized spacial score (nSPS) is 11.1. The lowest BCUT2D eigenvalue weighted by Crippen LogP contribution is -1.98. The largest absolute Gasteiger partial charge is 0.481 e. The monoisotopic (exact) mass is 484 g/mol. The molecule has 0 saturated carbocycles. The highest BCUT2D eigenvalue weighted by molar-refractivity contribution is 7.13. The van der Waals surface area contributed by atoms with E-state index in [4.69, 9.17) is 14.8 Å². The molecule has 0 atom stereocenters. The number of fused-ring (bicyclic) bond motifs is 1. The summed E-state index contributed by atoms with van der Waals surface area (Å²) in [7, 11) is 0. The van der Waals surface area contributed by atoms with Crippen LogP contribution in [-0.4, -0.2) is 26.2 Å². The van der Waals surface area contributed by atoms with Gasteiger partial charge in [0, 0.05) is 46.4 Å². The van der Waals surface area contributed by atoms with Gasteiger partial charge in [0.05, 0.1) is 12.3 Å². The van der Waals surface area contributed by atoms with Crippen molar-refractivity contribution in [2.24, 2.45) is 0 Å². The highest BCUT2D eigenvalue weighted by Crippen LogP contribution is 2.34. The van der Waals surface area contributed by atoms with Crippen LogP contribution in [0.25, 0.3) is 21.5 Å². The van der Waals surface area contributed by atoms with Crippen molar-refractivity contribution in [1.29, 1.82) is 0 Å². The molecule has 176 valence electrons. The zero-order valence-corrected chi connectivity index (χ0v) is 19.7. The SMILES string of the molecule is O=C(O)CCc1cccc(Cc2csc(-c3cccc(Oc4ccc5[nH]ccc5c4CO)c3)n2)c1. The van der Waals surface area contributed by atoms with Crippen molar-refractivity contribution >= 4 is 28.2 Å². The molecule has 2 aromatic heterocycles. The number of ether oxygens (including phenoxy) is 1. The van der Waals surface area contributed by atoms with Gasteiger partial charge in [-0.25, -0.2) is 4.98 Å². The first-order valence-electron chi connectivity index (χ1n) is 11.3. The van der Waals surface area contributed by atoms with Crippen LogP contribution in [0.15, 0.2) is 78.3 Å². The Balaban J connectivity index is 1.33. The second kappa shape index (κ2) is 10.1. The summed E-state index contributed by atoms with van der Waals surface area (Å²) < 4.78 is 6.16. The fraction of sp³-hybridized carbons (Fsp3) is 0.143. The zero-order valence-electron chi connectivity index (χ0n) is 18.9. The van der Waals surface area contributed by atoms with E-state index in [0.717, 1.165) is 43.9 Å². The number of carboxylic acid groups (broad SMARTS) is 1. The van der Waals surface area contributed by atoms with Crippen molar-refractivity contribution in [3.63, 3.8) is 0 Å². The molecular weight excluding hydrogens is 460 g/mol. The average Bonchev–Trinajstić information content (AvgIpc) is 3.53. The number of carbonyl (C=O) groups is 1. The molecule has 2 heterocycles. The minimum atomic E-state index is -0.789. The number of benzene rings is 3. The molecule has 0 aliphatic rings. The summed E-state index contributed by atoms with van der Waals surface area (Å²) in [5.41, 5.74) is 5.76. The minimum Gasteiger partial charge on any atom is -0.481 e. The van der Waals surface area contributed by atoms with E-state index in [2.05, 4.69) is 16.4 Å². The molecule has 0 spiro atoms. The van der Waals surface area contributed by atoms with E-state index in [1.807, 2.05) is 66.9 Å². The number of nitrogens with zero attached hydrogens (tertiary/aromatic N) is 1. The van der Waals surface area contributed by atoms with Crippen molar-refractivity contribution in [2.75, 3.05) is 0 Å². The summed E-state index contributed by atoms with van der Waals surface area (Å²) in [6, 6.07) is 21.5. The maximum absolute atomic E-state index is 10.9. The van der Waals surface area contributed by atoms with Crippen LogP contribution < -0.4 is 4.74 Å². The molecule has 0 saturated heterocycles. The Morgan fingerprint density at radius 3 is 2.74 bits per heavy atom. The molecule has 6 nitrogen and oxygen atoms in total. The van der Waals surface area contributed by atoms with Gasteiger partial charge in [0.2, 0.25) is 0 Å². The third-order valence-electron chi connectivity index (χ3n) is 5.83. The Morgan fingerprint density at radius 2 is 1.89 bits per heavy atom. The highest BCUT2D eigenvalue weighted by Gasteiger charge is 2.12. The molecule has 0 unspecified atom stereocenters. The van der Waals surface area contributed by atoms with E-state index in [-0.39, 0.29) is 13.0 Å². The molecule has 0 aliphatic heterocycles. The van der Waals surface area contributed by atoms with Gasteiger partial charge in [0.15, 0.2) is 0 Å². The van der Waals surface area contributed by atoms with E-state index in [9.17, 15) is 9.90 Å². The predicted octanol–water partition coefficient (Wildman–Crippen LogP) is 6.18. The lowest BCUT2D eigenvalue weighted by molar-refractivity contribution is -0.136. The number of aliphatic hydroxyl groups is 1. The van der Waals surface area contributed by atoms with Gasteiger partial charge in [-0.2, -0.15) is 0 Å². The summed E-state index contributed by atoms with van der Waals surface area (Å²) in [5.74, 6) is 0.512. The molecule has 5 rings (SSSR count). The quantitative estimate of drug-likeness (QED) is 0.232. The first-order valence-corrected chi connectivity index (χ1v) is 12.2. The molecule has 0 bridgehead atoms. The number of carboxylic acids is 1.